The lowest BCUT2D eigenvalue weighted by atomic mass is 10.0. The Hall–Kier alpha value is -3.45. The molecule has 0 aliphatic carbocycles. The van der Waals surface area contributed by atoms with Gasteiger partial charge in [0.05, 0.1) is 19.2 Å². The molecule has 1 heterocycles. The Bertz CT molecular complexity index is 1110. The third-order valence-electron chi connectivity index (χ3n) is 5.43. The Morgan fingerprint density at radius 1 is 0.968 bits per heavy atom. The molecule has 0 atom stereocenters. The first-order chi connectivity index (χ1) is 15.0. The predicted molar refractivity (Wildman–Crippen MR) is 118 cm³/mol. The van der Waals surface area contributed by atoms with E-state index < -0.39 is 5.82 Å². The maximum atomic E-state index is 13.3. The number of piperazine rings is 1. The minimum absolute atomic E-state index is 0.0773. The number of ether oxygens (including phenoxy) is 1. The van der Waals surface area contributed by atoms with E-state index in [0.717, 1.165) is 10.8 Å². The van der Waals surface area contributed by atoms with Crippen LogP contribution in [0.3, 0.4) is 0 Å². The van der Waals surface area contributed by atoms with Crippen molar-refractivity contribution in [3.63, 3.8) is 0 Å². The fraction of sp³-hybridized carbons (Fsp3) is 0.250. The molecule has 1 aliphatic heterocycles. The molecule has 0 aromatic heterocycles. The average Bonchev–Trinajstić information content (AvgIpc) is 2.78. The molecule has 31 heavy (non-hydrogen) atoms. The molecule has 3 aromatic rings. The summed E-state index contributed by atoms with van der Waals surface area (Å²) in [6.07, 6.45) is 0. The highest BCUT2D eigenvalue weighted by atomic mass is 19.1. The second kappa shape index (κ2) is 9.14. The Morgan fingerprint density at radius 2 is 1.68 bits per heavy atom. The number of carbonyl (C=O) groups excluding carboxylic acids is 2. The number of carbonyl (C=O) groups is 2. The van der Waals surface area contributed by atoms with Gasteiger partial charge in [0.2, 0.25) is 5.91 Å². The van der Waals surface area contributed by atoms with E-state index in [9.17, 15) is 14.0 Å². The van der Waals surface area contributed by atoms with E-state index in [4.69, 9.17) is 4.74 Å². The number of hydrogen-bond acceptors (Lipinski definition) is 4. The quantitative estimate of drug-likeness (QED) is 0.686. The second-order valence-corrected chi connectivity index (χ2v) is 7.53. The van der Waals surface area contributed by atoms with Gasteiger partial charge in [-0.1, -0.05) is 30.3 Å². The number of nitrogens with zero attached hydrogens (tertiary/aromatic N) is 2. The first kappa shape index (κ1) is 20.8. The van der Waals surface area contributed by atoms with Crippen molar-refractivity contribution in [2.75, 3.05) is 45.2 Å². The van der Waals surface area contributed by atoms with Crippen LogP contribution in [0, 0.1) is 5.82 Å². The van der Waals surface area contributed by atoms with Crippen molar-refractivity contribution in [1.82, 2.24) is 9.80 Å². The van der Waals surface area contributed by atoms with Crippen LogP contribution in [-0.2, 0) is 4.79 Å². The SMILES string of the molecule is COc1cc2ccccc2cc1C(=O)N1CCN(CC(=O)Nc2cccc(F)c2)CC1. The molecule has 0 spiro atoms. The van der Waals surface area contributed by atoms with Crippen molar-refractivity contribution >= 4 is 28.3 Å². The van der Waals surface area contributed by atoms with Crippen LogP contribution in [0.15, 0.2) is 60.7 Å². The smallest absolute Gasteiger partial charge is 0.257 e. The predicted octanol–water partition coefficient (Wildman–Crippen LogP) is 3.38. The zero-order valence-electron chi connectivity index (χ0n) is 17.3. The molecule has 4 rings (SSSR count). The van der Waals surface area contributed by atoms with Crippen molar-refractivity contribution in [1.29, 1.82) is 0 Å². The molecule has 1 fully saturated rings. The molecule has 0 bridgehead atoms. The van der Waals surface area contributed by atoms with Gasteiger partial charge in [0.15, 0.2) is 0 Å². The van der Waals surface area contributed by atoms with Gasteiger partial charge in [-0.25, -0.2) is 4.39 Å². The third kappa shape index (κ3) is 4.83. The lowest BCUT2D eigenvalue weighted by molar-refractivity contribution is -0.117. The maximum absolute atomic E-state index is 13.3. The average molecular weight is 421 g/mol. The maximum Gasteiger partial charge on any atom is 0.257 e. The Morgan fingerprint density at radius 3 is 2.35 bits per heavy atom. The summed E-state index contributed by atoms with van der Waals surface area (Å²) in [7, 11) is 1.57. The topological polar surface area (TPSA) is 61.9 Å². The number of amides is 2. The van der Waals surface area contributed by atoms with E-state index in [0.29, 0.717) is 43.2 Å². The zero-order valence-corrected chi connectivity index (χ0v) is 17.3. The molecule has 7 heteroatoms. The first-order valence-corrected chi connectivity index (χ1v) is 10.2. The molecular weight excluding hydrogens is 397 g/mol. The Labute approximate surface area is 180 Å². The van der Waals surface area contributed by atoms with Crippen LogP contribution < -0.4 is 10.1 Å². The lowest BCUT2D eigenvalue weighted by Crippen LogP contribution is -2.50. The van der Waals surface area contributed by atoms with Gasteiger partial charge in [-0.2, -0.15) is 0 Å². The highest BCUT2D eigenvalue weighted by Gasteiger charge is 2.25. The van der Waals surface area contributed by atoms with Crippen LogP contribution in [0.2, 0.25) is 0 Å². The molecule has 6 nitrogen and oxygen atoms in total. The third-order valence-corrected chi connectivity index (χ3v) is 5.43. The largest absolute Gasteiger partial charge is 0.496 e. The molecule has 1 saturated heterocycles. The number of hydrogen-bond donors (Lipinski definition) is 1. The number of methoxy groups -OCH3 is 1. The van der Waals surface area contributed by atoms with Gasteiger partial charge >= 0.3 is 0 Å². The number of nitrogens with one attached hydrogen (secondary N) is 1. The van der Waals surface area contributed by atoms with Crippen molar-refractivity contribution in [3.8, 4) is 5.75 Å². The van der Waals surface area contributed by atoms with Crippen molar-refractivity contribution in [3.05, 3.63) is 72.0 Å². The summed E-state index contributed by atoms with van der Waals surface area (Å²) in [6.45, 7) is 2.39. The summed E-state index contributed by atoms with van der Waals surface area (Å²) in [4.78, 5) is 29.2. The molecular formula is C24H24FN3O3. The number of fused-ring (bicyclic) bond motifs is 1. The fourth-order valence-corrected chi connectivity index (χ4v) is 3.80. The standard InChI is InChI=1S/C24H24FN3O3/c1-31-22-14-18-6-3-2-5-17(18)13-21(22)24(30)28-11-9-27(10-12-28)16-23(29)26-20-8-4-7-19(25)15-20/h2-8,13-15H,9-12,16H2,1H3,(H,26,29). The van der Waals surface area contributed by atoms with Gasteiger partial charge in [0, 0.05) is 31.9 Å². The fourth-order valence-electron chi connectivity index (χ4n) is 3.80. The summed E-state index contributed by atoms with van der Waals surface area (Å²) in [5.41, 5.74) is 0.973. The van der Waals surface area contributed by atoms with Crippen molar-refractivity contribution in [2.45, 2.75) is 0 Å². The minimum Gasteiger partial charge on any atom is -0.496 e. The molecule has 1 aliphatic rings. The van der Waals surface area contributed by atoms with Crippen LogP contribution >= 0.6 is 0 Å². The monoisotopic (exact) mass is 421 g/mol. The van der Waals surface area contributed by atoms with Gasteiger partial charge in [0.25, 0.3) is 5.91 Å². The molecule has 3 aromatic carbocycles. The first-order valence-electron chi connectivity index (χ1n) is 10.2. The summed E-state index contributed by atoms with van der Waals surface area (Å²) in [6, 6.07) is 17.4. The minimum atomic E-state index is -0.394. The summed E-state index contributed by atoms with van der Waals surface area (Å²) < 4.78 is 18.7. The van der Waals surface area contributed by atoms with E-state index in [1.807, 2.05) is 41.3 Å². The Balaban J connectivity index is 1.37. The van der Waals surface area contributed by atoms with Crippen LogP contribution in [0.1, 0.15) is 10.4 Å². The zero-order chi connectivity index (χ0) is 21.8. The van der Waals surface area contributed by atoms with Crippen LogP contribution in [0.25, 0.3) is 10.8 Å². The normalized spacial score (nSPS) is 14.5. The number of halogens is 1. The molecule has 1 N–H and O–H groups in total. The molecule has 0 radical (unpaired) electrons. The number of anilines is 1. The molecule has 2 amide bonds. The van der Waals surface area contributed by atoms with Crippen molar-refractivity contribution < 1.29 is 18.7 Å². The second-order valence-electron chi connectivity index (χ2n) is 7.53. The van der Waals surface area contributed by atoms with Gasteiger partial charge < -0.3 is 15.0 Å². The van der Waals surface area contributed by atoms with E-state index >= 15 is 0 Å². The molecule has 0 saturated carbocycles. The molecule has 160 valence electrons. The number of rotatable bonds is 5. The highest BCUT2D eigenvalue weighted by molar-refractivity contribution is 6.01. The van der Waals surface area contributed by atoms with E-state index in [2.05, 4.69) is 5.32 Å². The summed E-state index contributed by atoms with van der Waals surface area (Å²) in [5.74, 6) is -0.123. The van der Waals surface area contributed by atoms with Crippen LogP contribution in [-0.4, -0.2) is 61.4 Å². The van der Waals surface area contributed by atoms with Crippen molar-refractivity contribution in [2.24, 2.45) is 0 Å². The van der Waals surface area contributed by atoms with Gasteiger partial charge in [0.1, 0.15) is 11.6 Å². The van der Waals surface area contributed by atoms with Crippen LogP contribution in [0.5, 0.6) is 5.75 Å². The summed E-state index contributed by atoms with van der Waals surface area (Å²) >= 11 is 0. The summed E-state index contributed by atoms with van der Waals surface area (Å²) in [5, 5.41) is 4.71. The van der Waals surface area contributed by atoms with E-state index in [1.165, 1.54) is 12.1 Å². The van der Waals surface area contributed by atoms with Gasteiger partial charge in [-0.3, -0.25) is 14.5 Å². The van der Waals surface area contributed by atoms with Gasteiger partial charge in [-0.05, 0) is 41.1 Å². The molecule has 0 unspecified atom stereocenters. The van der Waals surface area contributed by atoms with E-state index in [-0.39, 0.29) is 18.4 Å². The highest BCUT2D eigenvalue weighted by Crippen LogP contribution is 2.27. The lowest BCUT2D eigenvalue weighted by Gasteiger charge is -2.34. The van der Waals surface area contributed by atoms with E-state index in [1.54, 1.807) is 24.1 Å². The van der Waals surface area contributed by atoms with Crippen LogP contribution in [0.4, 0.5) is 10.1 Å². The Kier molecular flexibility index (Phi) is 6.13. The van der Waals surface area contributed by atoms with Gasteiger partial charge in [-0.15, -0.1) is 0 Å². The number of benzene rings is 3.